The molecule has 1 unspecified atom stereocenters. The maximum absolute atomic E-state index is 3.57. The molecule has 2 aromatic carbocycles. The number of hydrogen-bond donors (Lipinski definition) is 1. The third-order valence-electron chi connectivity index (χ3n) is 4.40. The summed E-state index contributed by atoms with van der Waals surface area (Å²) in [6, 6.07) is 14.3. The number of rotatable bonds is 2. The van der Waals surface area contributed by atoms with Gasteiger partial charge in [-0.15, -0.1) is 0 Å². The number of anilines is 1. The molecule has 1 heteroatoms. The molecule has 2 aromatic rings. The van der Waals surface area contributed by atoms with Crippen LogP contribution in [0.3, 0.4) is 0 Å². The Hall–Kier alpha value is -1.76. The summed E-state index contributed by atoms with van der Waals surface area (Å²) in [5.74, 6) is 0. The van der Waals surface area contributed by atoms with Crippen LogP contribution in [0.25, 0.3) is 0 Å². The molecule has 104 valence electrons. The van der Waals surface area contributed by atoms with Crippen LogP contribution in [0, 0.1) is 13.8 Å². The van der Waals surface area contributed by atoms with E-state index in [1.165, 1.54) is 46.3 Å². The first kappa shape index (κ1) is 13.2. The molecule has 1 aliphatic heterocycles. The normalized spacial score (nSPS) is 17.4. The Morgan fingerprint density at radius 2 is 1.75 bits per heavy atom. The van der Waals surface area contributed by atoms with Crippen molar-refractivity contribution in [3.05, 3.63) is 64.2 Å². The van der Waals surface area contributed by atoms with Crippen LogP contribution in [0.5, 0.6) is 0 Å². The fourth-order valence-corrected chi connectivity index (χ4v) is 2.96. The zero-order valence-electron chi connectivity index (χ0n) is 12.7. The quantitative estimate of drug-likeness (QED) is 0.834. The number of benzene rings is 2. The topological polar surface area (TPSA) is 12.0 Å². The van der Waals surface area contributed by atoms with E-state index in [1.807, 2.05) is 0 Å². The highest BCUT2D eigenvalue weighted by Crippen LogP contribution is 2.26. The second-order valence-electron chi connectivity index (χ2n) is 6.17. The van der Waals surface area contributed by atoms with E-state index < -0.39 is 0 Å². The lowest BCUT2D eigenvalue weighted by molar-refractivity contribution is 0.680. The highest BCUT2D eigenvalue weighted by Gasteiger charge is 2.14. The summed E-state index contributed by atoms with van der Waals surface area (Å²) in [5.41, 5.74) is 8.39. The van der Waals surface area contributed by atoms with Crippen LogP contribution in [0.15, 0.2) is 36.4 Å². The van der Waals surface area contributed by atoms with Gasteiger partial charge in [0.2, 0.25) is 0 Å². The first-order valence-corrected chi connectivity index (χ1v) is 7.56. The molecule has 0 saturated heterocycles. The van der Waals surface area contributed by atoms with Gasteiger partial charge in [0.15, 0.2) is 0 Å². The number of nitrogens with one attached hydrogen (secondary N) is 1. The summed E-state index contributed by atoms with van der Waals surface area (Å²) in [6.45, 7) is 6.62. The Morgan fingerprint density at radius 3 is 2.55 bits per heavy atom. The van der Waals surface area contributed by atoms with Crippen LogP contribution < -0.4 is 5.32 Å². The second-order valence-corrected chi connectivity index (χ2v) is 6.17. The van der Waals surface area contributed by atoms with Crippen molar-refractivity contribution in [3.8, 4) is 0 Å². The Labute approximate surface area is 122 Å². The van der Waals surface area contributed by atoms with Crippen molar-refractivity contribution in [2.24, 2.45) is 0 Å². The van der Waals surface area contributed by atoms with Crippen molar-refractivity contribution in [2.45, 2.75) is 46.1 Å². The molecule has 0 spiro atoms. The third-order valence-corrected chi connectivity index (χ3v) is 4.40. The minimum Gasteiger partial charge on any atom is -0.382 e. The molecule has 0 saturated carbocycles. The van der Waals surface area contributed by atoms with Crippen LogP contribution in [-0.4, -0.2) is 6.04 Å². The second kappa shape index (κ2) is 5.32. The Balaban J connectivity index is 1.83. The molecule has 0 aromatic heterocycles. The molecule has 0 amide bonds. The molecule has 1 aliphatic rings. The molecule has 0 fully saturated rings. The van der Waals surface area contributed by atoms with Gasteiger partial charge in [0.1, 0.15) is 0 Å². The summed E-state index contributed by atoms with van der Waals surface area (Å²) in [6.07, 6.45) is 3.47. The molecule has 0 radical (unpaired) electrons. The Morgan fingerprint density at radius 1 is 1.00 bits per heavy atom. The average Bonchev–Trinajstić information content (AvgIpc) is 2.43. The van der Waals surface area contributed by atoms with Gasteiger partial charge in [-0.2, -0.15) is 0 Å². The molecule has 1 heterocycles. The highest BCUT2D eigenvalue weighted by molar-refractivity contribution is 5.55. The van der Waals surface area contributed by atoms with E-state index in [-0.39, 0.29) is 0 Å². The molecular formula is C19H23N. The van der Waals surface area contributed by atoms with Gasteiger partial charge < -0.3 is 5.32 Å². The van der Waals surface area contributed by atoms with Crippen molar-refractivity contribution < 1.29 is 0 Å². The standard InChI is InChI=1S/C19H23N/c1-13-4-6-16(10-14(13)2)11-17-7-9-19-18(12-17)8-5-15(3)20-19/h4,6-7,9-10,12,15,20H,5,8,11H2,1-3H3. The number of fused-ring (bicyclic) bond motifs is 1. The fraction of sp³-hybridized carbons (Fsp3) is 0.368. The SMILES string of the molecule is Cc1ccc(Cc2ccc3c(c2)CCC(C)N3)cc1C. The van der Waals surface area contributed by atoms with Gasteiger partial charge in [-0.05, 0) is 73.9 Å². The van der Waals surface area contributed by atoms with Crippen LogP contribution in [-0.2, 0) is 12.8 Å². The molecule has 20 heavy (non-hydrogen) atoms. The van der Waals surface area contributed by atoms with Crippen molar-refractivity contribution in [2.75, 3.05) is 5.32 Å². The van der Waals surface area contributed by atoms with Gasteiger partial charge in [-0.3, -0.25) is 0 Å². The first-order chi connectivity index (χ1) is 9.61. The van der Waals surface area contributed by atoms with E-state index in [0.717, 1.165) is 6.42 Å². The van der Waals surface area contributed by atoms with Crippen molar-refractivity contribution in [3.63, 3.8) is 0 Å². The summed E-state index contributed by atoms with van der Waals surface area (Å²) >= 11 is 0. The van der Waals surface area contributed by atoms with Crippen LogP contribution in [0.1, 0.15) is 41.2 Å². The van der Waals surface area contributed by atoms with E-state index >= 15 is 0 Å². The van der Waals surface area contributed by atoms with Crippen molar-refractivity contribution >= 4 is 5.69 Å². The summed E-state index contributed by atoms with van der Waals surface area (Å²) in [4.78, 5) is 0. The molecule has 1 nitrogen and oxygen atoms in total. The van der Waals surface area contributed by atoms with Gasteiger partial charge in [0, 0.05) is 11.7 Å². The average molecular weight is 265 g/mol. The van der Waals surface area contributed by atoms with E-state index in [1.54, 1.807) is 0 Å². The predicted molar refractivity (Wildman–Crippen MR) is 86.6 cm³/mol. The summed E-state index contributed by atoms with van der Waals surface area (Å²) in [7, 11) is 0. The maximum atomic E-state index is 3.57. The first-order valence-electron chi connectivity index (χ1n) is 7.56. The molecule has 1 atom stereocenters. The fourth-order valence-electron chi connectivity index (χ4n) is 2.96. The van der Waals surface area contributed by atoms with E-state index in [0.29, 0.717) is 6.04 Å². The van der Waals surface area contributed by atoms with E-state index in [4.69, 9.17) is 0 Å². The number of hydrogen-bond acceptors (Lipinski definition) is 1. The monoisotopic (exact) mass is 265 g/mol. The number of aryl methyl sites for hydroxylation is 3. The third kappa shape index (κ3) is 2.72. The van der Waals surface area contributed by atoms with Crippen molar-refractivity contribution in [1.82, 2.24) is 0 Å². The molecular weight excluding hydrogens is 242 g/mol. The largest absolute Gasteiger partial charge is 0.382 e. The molecule has 1 N–H and O–H groups in total. The van der Waals surface area contributed by atoms with Gasteiger partial charge in [0.25, 0.3) is 0 Å². The molecule has 0 aliphatic carbocycles. The Kier molecular flexibility index (Phi) is 3.52. The van der Waals surface area contributed by atoms with Gasteiger partial charge >= 0.3 is 0 Å². The highest BCUT2D eigenvalue weighted by atomic mass is 14.9. The van der Waals surface area contributed by atoms with Gasteiger partial charge in [-0.25, -0.2) is 0 Å². The lowest BCUT2D eigenvalue weighted by atomic mass is 9.94. The lowest BCUT2D eigenvalue weighted by Gasteiger charge is -2.24. The minimum absolute atomic E-state index is 0.605. The van der Waals surface area contributed by atoms with Crippen LogP contribution >= 0.6 is 0 Å². The van der Waals surface area contributed by atoms with Gasteiger partial charge in [0.05, 0.1) is 0 Å². The molecule has 3 rings (SSSR count). The Bertz CT molecular complexity index is 628. The summed E-state index contributed by atoms with van der Waals surface area (Å²) in [5, 5.41) is 3.57. The predicted octanol–water partition coefficient (Wildman–Crippen LogP) is 4.64. The maximum Gasteiger partial charge on any atom is 0.0374 e. The van der Waals surface area contributed by atoms with Gasteiger partial charge in [-0.1, -0.05) is 30.3 Å². The summed E-state index contributed by atoms with van der Waals surface area (Å²) < 4.78 is 0. The van der Waals surface area contributed by atoms with Crippen LogP contribution in [0.4, 0.5) is 5.69 Å². The zero-order chi connectivity index (χ0) is 14.1. The molecule has 0 bridgehead atoms. The van der Waals surface area contributed by atoms with E-state index in [2.05, 4.69) is 62.5 Å². The van der Waals surface area contributed by atoms with Crippen LogP contribution in [0.2, 0.25) is 0 Å². The lowest BCUT2D eigenvalue weighted by Crippen LogP contribution is -2.21. The smallest absolute Gasteiger partial charge is 0.0374 e. The van der Waals surface area contributed by atoms with Crippen molar-refractivity contribution in [1.29, 1.82) is 0 Å². The minimum atomic E-state index is 0.605. The zero-order valence-corrected chi connectivity index (χ0v) is 12.7. The van der Waals surface area contributed by atoms with E-state index in [9.17, 15) is 0 Å².